The quantitative estimate of drug-likeness (QED) is 0.0243. The minimum absolute atomic E-state index is 0.0638. The molecule has 3 unspecified atom stereocenters. The van der Waals surface area contributed by atoms with Crippen LogP contribution < -0.4 is 5.32 Å². The van der Waals surface area contributed by atoms with Gasteiger partial charge in [0.05, 0.1) is 39.9 Å². The number of unbranched alkanes of at least 4 members (excludes halogenated alkanes) is 39. The molecular weight excluding hydrogens is 852 g/mol. The summed E-state index contributed by atoms with van der Waals surface area (Å²) in [6.07, 6.45) is 62.8. The van der Waals surface area contributed by atoms with Crippen LogP contribution in [-0.4, -0.2) is 73.4 Å². The highest BCUT2D eigenvalue weighted by molar-refractivity contribution is 7.47. The molecule has 0 aliphatic rings. The molecule has 8 nitrogen and oxygen atoms in total. The van der Waals surface area contributed by atoms with Crippen molar-refractivity contribution in [3.8, 4) is 0 Å². The Labute approximate surface area is 417 Å². The van der Waals surface area contributed by atoms with Crippen LogP contribution >= 0.6 is 7.82 Å². The fourth-order valence-corrected chi connectivity index (χ4v) is 9.54. The Morgan fingerprint density at radius 1 is 0.493 bits per heavy atom. The van der Waals surface area contributed by atoms with Crippen molar-refractivity contribution in [1.82, 2.24) is 5.32 Å². The van der Waals surface area contributed by atoms with E-state index >= 15 is 0 Å². The fraction of sp³-hybridized carbons (Fsp3) is 0.914. The molecule has 0 aromatic rings. The second-order valence-electron chi connectivity index (χ2n) is 21.4. The number of carbonyl (C=O) groups is 1. The molecule has 0 aromatic heterocycles. The van der Waals surface area contributed by atoms with Crippen molar-refractivity contribution < 1.29 is 32.9 Å². The molecular formula is C58H116N2O6P+. The number of amides is 1. The van der Waals surface area contributed by atoms with E-state index in [1.807, 2.05) is 27.2 Å². The molecule has 0 saturated heterocycles. The van der Waals surface area contributed by atoms with E-state index in [1.165, 1.54) is 238 Å². The van der Waals surface area contributed by atoms with Crippen molar-refractivity contribution in [2.45, 2.75) is 302 Å². The Balaban J connectivity index is 4.14. The number of quaternary nitrogens is 1. The molecule has 398 valence electrons. The number of hydrogen-bond acceptors (Lipinski definition) is 5. The Bertz CT molecular complexity index is 1140. The van der Waals surface area contributed by atoms with Crippen molar-refractivity contribution in [1.29, 1.82) is 0 Å². The van der Waals surface area contributed by atoms with Crippen LogP contribution in [0.4, 0.5) is 0 Å². The van der Waals surface area contributed by atoms with Crippen LogP contribution in [0.1, 0.15) is 290 Å². The normalized spacial score (nSPS) is 14.1. The van der Waals surface area contributed by atoms with Crippen LogP contribution in [0.15, 0.2) is 24.3 Å². The van der Waals surface area contributed by atoms with E-state index in [4.69, 9.17) is 9.05 Å². The second-order valence-corrected chi connectivity index (χ2v) is 22.8. The number of aliphatic hydroxyl groups is 1. The number of phosphoric ester groups is 1. The fourth-order valence-electron chi connectivity index (χ4n) is 8.80. The molecule has 0 heterocycles. The summed E-state index contributed by atoms with van der Waals surface area (Å²) in [6, 6.07) is -0.844. The van der Waals surface area contributed by atoms with E-state index in [2.05, 4.69) is 31.3 Å². The number of likely N-dealkylation sites (N-methyl/N-ethyl adjacent to an activating group) is 1. The first-order valence-corrected chi connectivity index (χ1v) is 30.7. The van der Waals surface area contributed by atoms with Gasteiger partial charge in [0.15, 0.2) is 0 Å². The van der Waals surface area contributed by atoms with Gasteiger partial charge in [-0.15, -0.1) is 0 Å². The molecule has 0 saturated carbocycles. The van der Waals surface area contributed by atoms with E-state index in [9.17, 15) is 19.4 Å². The minimum atomic E-state index is -4.34. The summed E-state index contributed by atoms with van der Waals surface area (Å²) in [4.78, 5) is 23.3. The molecule has 0 radical (unpaired) electrons. The molecule has 0 aromatic carbocycles. The summed E-state index contributed by atoms with van der Waals surface area (Å²) in [7, 11) is 1.59. The van der Waals surface area contributed by atoms with Crippen LogP contribution in [0.5, 0.6) is 0 Å². The lowest BCUT2D eigenvalue weighted by atomic mass is 10.0. The smallest absolute Gasteiger partial charge is 0.387 e. The predicted molar refractivity (Wildman–Crippen MR) is 291 cm³/mol. The van der Waals surface area contributed by atoms with Crippen molar-refractivity contribution in [3.63, 3.8) is 0 Å². The Morgan fingerprint density at radius 3 is 1.15 bits per heavy atom. The summed E-state index contributed by atoms with van der Waals surface area (Å²) < 4.78 is 23.7. The number of aliphatic hydroxyl groups excluding tert-OH is 1. The molecule has 0 fully saturated rings. The maximum atomic E-state index is 13.0. The summed E-state index contributed by atoms with van der Waals surface area (Å²) in [5.41, 5.74) is 0. The third-order valence-corrected chi connectivity index (χ3v) is 14.4. The van der Waals surface area contributed by atoms with Gasteiger partial charge in [-0.3, -0.25) is 13.8 Å². The number of nitrogens with zero attached hydrogens (tertiary/aromatic N) is 1. The van der Waals surface area contributed by atoms with Crippen LogP contribution in [0.2, 0.25) is 0 Å². The zero-order chi connectivity index (χ0) is 49.2. The van der Waals surface area contributed by atoms with Gasteiger partial charge in [0.25, 0.3) is 0 Å². The van der Waals surface area contributed by atoms with Crippen LogP contribution in [0.25, 0.3) is 0 Å². The third-order valence-electron chi connectivity index (χ3n) is 13.4. The Kier molecular flexibility index (Phi) is 49.2. The van der Waals surface area contributed by atoms with Gasteiger partial charge in [-0.2, -0.15) is 0 Å². The molecule has 0 rings (SSSR count). The third kappa shape index (κ3) is 52.6. The van der Waals surface area contributed by atoms with Gasteiger partial charge < -0.3 is 19.8 Å². The molecule has 0 aliphatic heterocycles. The molecule has 9 heteroatoms. The Hall–Kier alpha value is -1.02. The van der Waals surface area contributed by atoms with Gasteiger partial charge in [0, 0.05) is 6.42 Å². The highest BCUT2D eigenvalue weighted by Crippen LogP contribution is 2.43. The van der Waals surface area contributed by atoms with E-state index in [0.29, 0.717) is 17.4 Å². The van der Waals surface area contributed by atoms with Crippen LogP contribution in [0.3, 0.4) is 0 Å². The lowest BCUT2D eigenvalue weighted by Gasteiger charge is -2.25. The lowest BCUT2D eigenvalue weighted by Crippen LogP contribution is -2.45. The minimum Gasteiger partial charge on any atom is -0.387 e. The van der Waals surface area contributed by atoms with Gasteiger partial charge in [0.1, 0.15) is 13.2 Å². The highest BCUT2D eigenvalue weighted by atomic mass is 31.2. The number of nitrogens with one attached hydrogen (secondary N) is 1. The average Bonchev–Trinajstić information content (AvgIpc) is 3.29. The first-order chi connectivity index (χ1) is 32.5. The van der Waals surface area contributed by atoms with Crippen molar-refractivity contribution in [2.75, 3.05) is 40.9 Å². The topological polar surface area (TPSA) is 105 Å². The highest BCUT2D eigenvalue weighted by Gasteiger charge is 2.27. The zero-order valence-corrected chi connectivity index (χ0v) is 46.3. The van der Waals surface area contributed by atoms with Gasteiger partial charge in [0.2, 0.25) is 5.91 Å². The standard InChI is InChI=1S/C58H115N2O6P/c1-6-8-10-12-14-16-18-20-22-24-26-27-28-29-30-31-32-33-34-36-38-40-42-44-46-48-50-52-58(62)59-56(55-66-67(63,64)65-54-53-60(3,4)5)57(61)51-49-47-45-43-41-39-37-35-25-23-21-19-17-15-13-11-9-7-2/h24,26,49,51,56-57,61H,6-23,25,27-48,50,52-55H2,1-5H3,(H-,59,62,63,64)/p+1/b26-24-,51-49+. The molecule has 0 bridgehead atoms. The molecule has 0 aliphatic carbocycles. The van der Waals surface area contributed by atoms with E-state index in [1.54, 1.807) is 6.08 Å². The van der Waals surface area contributed by atoms with Crippen molar-refractivity contribution in [3.05, 3.63) is 24.3 Å². The number of rotatable bonds is 54. The summed E-state index contributed by atoms with van der Waals surface area (Å²) in [6.45, 7) is 4.86. The van der Waals surface area contributed by atoms with E-state index in [0.717, 1.165) is 32.1 Å². The maximum Gasteiger partial charge on any atom is 0.472 e. The number of carbonyl (C=O) groups excluding carboxylic acids is 1. The maximum absolute atomic E-state index is 13.0. The second kappa shape index (κ2) is 49.9. The summed E-state index contributed by atoms with van der Waals surface area (Å²) in [5, 5.41) is 13.9. The molecule has 1 amide bonds. The number of hydrogen-bond donors (Lipinski definition) is 3. The van der Waals surface area contributed by atoms with E-state index < -0.39 is 20.0 Å². The van der Waals surface area contributed by atoms with Crippen molar-refractivity contribution >= 4 is 13.7 Å². The number of phosphoric acid groups is 1. The van der Waals surface area contributed by atoms with Gasteiger partial charge in [-0.05, 0) is 44.9 Å². The first-order valence-electron chi connectivity index (χ1n) is 29.2. The Morgan fingerprint density at radius 2 is 0.806 bits per heavy atom. The predicted octanol–water partition coefficient (Wildman–Crippen LogP) is 17.6. The van der Waals surface area contributed by atoms with E-state index in [-0.39, 0.29) is 19.1 Å². The van der Waals surface area contributed by atoms with Crippen LogP contribution in [0, 0.1) is 0 Å². The molecule has 0 spiro atoms. The van der Waals surface area contributed by atoms with Gasteiger partial charge in [-0.25, -0.2) is 4.57 Å². The molecule has 3 N–H and O–H groups in total. The van der Waals surface area contributed by atoms with Crippen molar-refractivity contribution in [2.24, 2.45) is 0 Å². The molecule has 67 heavy (non-hydrogen) atoms. The molecule has 3 atom stereocenters. The monoisotopic (exact) mass is 968 g/mol. The zero-order valence-electron chi connectivity index (χ0n) is 45.4. The SMILES string of the molecule is CCCCCCCCCC/C=C\CCCCCCCCCCCCCCCCCC(=O)NC(COP(=O)(O)OCC[N+](C)(C)C)C(O)/C=C/CCCCCCCCCCCCCCCCCC. The summed E-state index contributed by atoms with van der Waals surface area (Å²) >= 11 is 0. The first kappa shape index (κ1) is 66.0. The number of allylic oxidation sites excluding steroid dienone is 3. The average molecular weight is 969 g/mol. The summed E-state index contributed by atoms with van der Waals surface area (Å²) in [5.74, 6) is -0.172. The van der Waals surface area contributed by atoms with Gasteiger partial charge in [-0.1, -0.05) is 263 Å². The lowest BCUT2D eigenvalue weighted by molar-refractivity contribution is -0.870. The van der Waals surface area contributed by atoms with Crippen LogP contribution in [-0.2, 0) is 18.4 Å². The largest absolute Gasteiger partial charge is 0.472 e. The van der Waals surface area contributed by atoms with Gasteiger partial charge >= 0.3 is 7.82 Å².